The minimum atomic E-state index is -4.92. The maximum Gasteiger partial charge on any atom is 0.416 e. The number of hydrogen-bond donors (Lipinski definition) is 1. The van der Waals surface area contributed by atoms with Gasteiger partial charge in [0.2, 0.25) is 0 Å². The van der Waals surface area contributed by atoms with Crippen LogP contribution in [0.2, 0.25) is 0 Å². The fourth-order valence-electron chi connectivity index (χ4n) is 12.1. The molecule has 7 aromatic carbocycles. The molecule has 3 aliphatic rings. The van der Waals surface area contributed by atoms with E-state index < -0.39 is 75.3 Å². The maximum atomic E-state index is 13.3. The first-order chi connectivity index (χ1) is 46.5. The van der Waals surface area contributed by atoms with Crippen molar-refractivity contribution in [1.82, 2.24) is 0 Å². The molecule has 8 nitrogen and oxygen atoms in total. The van der Waals surface area contributed by atoms with E-state index in [2.05, 4.69) is 106 Å². The SMILES string of the molecule is BrP(CCC1OCCCO1)(c1ccccc1)(c1ccccc1)c1ccccc1.C[C@@H](OC[C@@]1(c2ccccc2)C=CCC(OCCCO)C1)c1cc(C(F)(F)F)cc(C(F)(F)F)c1.C[C@@H](OC[C@](C)(/C=C\CC1OCCCO1)c1ccccc1)c1cc(C(F)(F)F)cc(C(F)(F)F)c1. The fraction of sp³-hybridized carbons (Fsp3) is 0.395. The molecule has 0 bridgehead atoms. The largest absolute Gasteiger partial charge is 0.416 e. The fourth-order valence-corrected chi connectivity index (χ4v) is 19.6. The first-order valence-electron chi connectivity index (χ1n) is 32.4. The average molecular weight is 1460 g/mol. The maximum absolute atomic E-state index is 13.3. The van der Waals surface area contributed by atoms with E-state index in [-0.39, 0.29) is 61.8 Å². The Morgan fingerprint density at radius 1 is 0.551 bits per heavy atom. The Labute approximate surface area is 573 Å². The van der Waals surface area contributed by atoms with Crippen molar-refractivity contribution in [2.45, 2.75) is 132 Å². The molecule has 2 aliphatic heterocycles. The van der Waals surface area contributed by atoms with E-state index in [1.165, 1.54) is 29.8 Å². The molecule has 22 heteroatoms. The molecule has 98 heavy (non-hydrogen) atoms. The zero-order valence-corrected chi connectivity index (χ0v) is 57.1. The van der Waals surface area contributed by atoms with Crippen molar-refractivity contribution in [2.75, 3.05) is 59.0 Å². The van der Waals surface area contributed by atoms with Gasteiger partial charge in [0, 0.05) is 30.5 Å². The van der Waals surface area contributed by atoms with E-state index in [0.29, 0.717) is 69.8 Å². The molecular weight excluding hydrogens is 1380 g/mol. The molecule has 0 amide bonds. The summed E-state index contributed by atoms with van der Waals surface area (Å²) in [5.41, 5.74) is -5.46. The Kier molecular flexibility index (Phi) is 27.2. The molecule has 7 aromatic rings. The summed E-state index contributed by atoms with van der Waals surface area (Å²) >= 11 is 4.46. The summed E-state index contributed by atoms with van der Waals surface area (Å²) in [7, 11) is 0. The predicted octanol–water partition coefficient (Wildman–Crippen LogP) is 19.3. The standard InChI is InChI=1S/2C26H28F6O3.C24H26BrO2P/c1-18(19-14-21(25(27,28)29)16-22(15-19)26(30,31)32)35-17-24(2,20-8-4-3-5-9-20)11-6-10-23-33-12-7-13-34-23;1-18(19-13-21(25(27,28)29)15-22(14-19)26(30,31)32)35-17-24(20-7-3-2-4-8-20)10-5-9-23(16-24)34-12-6-11-33;25-28(21-11-4-1-5-12-21,22-13-6-2-7-14-22,23-15-8-3-9-16-23)20-17-24-26-18-10-19-27-24/h3-6,8-9,11,14-16,18,23H,7,10,12-13,17H2,1-2H3;2-5,7-8,10,13-15,18,23,33H,6,9,11-12,16-17H2,1H3;1-9,11-16,24H,10,17-20H2/b11-6-;;/t18-,24+;18-,23?,24-;/m11./s1. The van der Waals surface area contributed by atoms with E-state index >= 15 is 0 Å². The third kappa shape index (κ3) is 20.7. The second-order valence-corrected chi connectivity index (χ2v) is 33.8. The van der Waals surface area contributed by atoms with Gasteiger partial charge in [0.25, 0.3) is 0 Å². The summed E-state index contributed by atoms with van der Waals surface area (Å²) < 4.78 is 200. The van der Waals surface area contributed by atoms with Crippen molar-refractivity contribution >= 4 is 36.7 Å². The Bertz CT molecular complexity index is 3450. The molecule has 530 valence electrons. The Hall–Kier alpha value is -6.23. The second-order valence-electron chi connectivity index (χ2n) is 24.7. The molecule has 0 spiro atoms. The van der Waals surface area contributed by atoms with E-state index in [0.717, 1.165) is 49.8 Å². The number of rotatable bonds is 23. The number of halogens is 13. The van der Waals surface area contributed by atoms with Crippen LogP contribution in [0.15, 0.2) is 212 Å². The minimum Gasteiger partial charge on any atom is -0.396 e. The van der Waals surface area contributed by atoms with Crippen LogP contribution in [0.25, 0.3) is 0 Å². The van der Waals surface area contributed by atoms with Crippen LogP contribution in [0.3, 0.4) is 0 Å². The van der Waals surface area contributed by atoms with Crippen LogP contribution >= 0.6 is 20.8 Å². The molecule has 0 saturated carbocycles. The molecule has 2 fully saturated rings. The number of aliphatic hydroxyl groups excluding tert-OH is 1. The molecule has 2 heterocycles. The van der Waals surface area contributed by atoms with Gasteiger partial charge in [-0.1, -0.05) is 85.0 Å². The second kappa shape index (κ2) is 34.4. The molecule has 0 radical (unpaired) electrons. The summed E-state index contributed by atoms with van der Waals surface area (Å²) in [6.07, 6.45) is -8.92. The van der Waals surface area contributed by atoms with Crippen molar-refractivity contribution in [1.29, 1.82) is 0 Å². The normalized spacial score (nSPS) is 19.2. The van der Waals surface area contributed by atoms with Gasteiger partial charge >= 0.3 is 200 Å². The number of benzene rings is 7. The molecule has 5 atom stereocenters. The van der Waals surface area contributed by atoms with E-state index in [9.17, 15) is 52.7 Å². The van der Waals surface area contributed by atoms with Gasteiger partial charge in [-0.05, 0) is 105 Å². The van der Waals surface area contributed by atoms with Gasteiger partial charge in [0.05, 0.1) is 67.0 Å². The molecule has 1 N–H and O–H groups in total. The smallest absolute Gasteiger partial charge is 0.396 e. The van der Waals surface area contributed by atoms with Crippen LogP contribution in [0.4, 0.5) is 52.7 Å². The van der Waals surface area contributed by atoms with Gasteiger partial charge in [-0.25, -0.2) is 0 Å². The summed E-state index contributed by atoms with van der Waals surface area (Å²) in [6, 6.07) is 54.3. The van der Waals surface area contributed by atoms with Crippen LogP contribution in [0, 0.1) is 0 Å². The van der Waals surface area contributed by atoms with Gasteiger partial charge in [-0.15, -0.1) is 0 Å². The van der Waals surface area contributed by atoms with Crippen molar-refractivity contribution in [3.63, 3.8) is 0 Å². The zero-order chi connectivity index (χ0) is 70.7. The monoisotopic (exact) mass is 1460 g/mol. The summed E-state index contributed by atoms with van der Waals surface area (Å²) in [5, 5.41) is 10.2. The van der Waals surface area contributed by atoms with Crippen LogP contribution in [0.1, 0.15) is 122 Å². The van der Waals surface area contributed by atoms with Crippen molar-refractivity contribution in [3.05, 3.63) is 257 Å². The molecule has 1 aliphatic carbocycles. The molecule has 10 rings (SSSR count). The van der Waals surface area contributed by atoms with Crippen LogP contribution in [-0.4, -0.2) is 82.8 Å². The average Bonchev–Trinajstić information content (AvgIpc) is 0.708. The molecule has 0 aromatic heterocycles. The van der Waals surface area contributed by atoms with Crippen molar-refractivity contribution < 1.29 is 90.9 Å². The third-order valence-corrected chi connectivity index (χ3v) is 27.5. The summed E-state index contributed by atoms with van der Waals surface area (Å²) in [4.78, 5) is 0. The third-order valence-electron chi connectivity index (χ3n) is 17.5. The van der Waals surface area contributed by atoms with Gasteiger partial charge in [-0.3, -0.25) is 0 Å². The van der Waals surface area contributed by atoms with Crippen LogP contribution in [0.5, 0.6) is 0 Å². The van der Waals surface area contributed by atoms with Gasteiger partial charge in [-0.2, -0.15) is 52.7 Å². The van der Waals surface area contributed by atoms with E-state index in [4.69, 9.17) is 38.3 Å². The quantitative estimate of drug-likeness (QED) is 0.0294. The molecule has 1 unspecified atom stereocenters. The number of hydrogen-bond acceptors (Lipinski definition) is 8. The van der Waals surface area contributed by atoms with Crippen LogP contribution in [-0.2, 0) is 68.7 Å². The Morgan fingerprint density at radius 3 is 1.39 bits per heavy atom. The van der Waals surface area contributed by atoms with E-state index in [1.807, 2.05) is 91.9 Å². The van der Waals surface area contributed by atoms with Crippen molar-refractivity contribution in [2.24, 2.45) is 0 Å². The number of ether oxygens (including phenoxy) is 7. The van der Waals surface area contributed by atoms with Crippen molar-refractivity contribution in [3.8, 4) is 0 Å². The van der Waals surface area contributed by atoms with Gasteiger partial charge in [0.15, 0.2) is 6.29 Å². The van der Waals surface area contributed by atoms with Gasteiger partial charge in [0.1, 0.15) is 0 Å². The predicted molar refractivity (Wildman–Crippen MR) is 361 cm³/mol. The Morgan fingerprint density at radius 2 is 0.959 bits per heavy atom. The first kappa shape index (κ1) is 77.5. The molecule has 2 saturated heterocycles. The number of aliphatic hydroxyl groups is 1. The van der Waals surface area contributed by atoms with E-state index in [1.54, 1.807) is 0 Å². The minimum absolute atomic E-state index is 0.00389. The topological polar surface area (TPSA) is 84.8 Å². The summed E-state index contributed by atoms with van der Waals surface area (Å²) in [6.45, 7) is 8.01. The molecular formula is C76H82BrF12O8P. The van der Waals surface area contributed by atoms with Gasteiger partial charge < -0.3 is 28.8 Å². The van der Waals surface area contributed by atoms with Crippen LogP contribution < -0.4 is 15.9 Å². The Balaban J connectivity index is 0.000000189. The summed E-state index contributed by atoms with van der Waals surface area (Å²) in [5.74, 6) is 0. The zero-order valence-electron chi connectivity index (χ0n) is 54.6. The first-order valence-corrected chi connectivity index (χ1v) is 36.9. The number of alkyl halides is 12.